The minimum absolute atomic E-state index is 0.0350. The minimum atomic E-state index is -3.16. The average molecular weight is 314 g/mol. The molecule has 3 heteroatoms. The zero-order valence-corrected chi connectivity index (χ0v) is 13.1. The van der Waals surface area contributed by atoms with Crippen molar-refractivity contribution in [2.24, 2.45) is 0 Å². The first-order valence-electron chi connectivity index (χ1n) is 7.89. The van der Waals surface area contributed by atoms with Gasteiger partial charge in [-0.1, -0.05) is 66.2 Å². The molecule has 3 rings (SSSR count). The summed E-state index contributed by atoms with van der Waals surface area (Å²) in [6.45, 7) is 2.02. The molecule has 2 aromatic rings. The predicted octanol–water partition coefficient (Wildman–Crippen LogP) is 5.26. The zero-order valence-electron chi connectivity index (χ0n) is 13.1. The summed E-state index contributed by atoms with van der Waals surface area (Å²) in [6.07, 6.45) is -0.168. The van der Waals surface area contributed by atoms with Crippen molar-refractivity contribution in [3.05, 3.63) is 82.9 Å². The van der Waals surface area contributed by atoms with E-state index in [-0.39, 0.29) is 18.1 Å². The maximum Gasteiger partial charge on any atom is 0.380 e. The van der Waals surface area contributed by atoms with E-state index in [1.807, 2.05) is 61.5 Å². The quantitative estimate of drug-likeness (QED) is 0.699. The Morgan fingerprint density at radius 1 is 1.09 bits per heavy atom. The molecule has 0 aromatic heterocycles. The largest absolute Gasteiger partial charge is 0.380 e. The van der Waals surface area contributed by atoms with Gasteiger partial charge in [-0.3, -0.25) is 0 Å². The van der Waals surface area contributed by atoms with Gasteiger partial charge in [0.25, 0.3) is 0 Å². The molecule has 0 amide bonds. The van der Waals surface area contributed by atoms with Gasteiger partial charge in [0.1, 0.15) is 0 Å². The minimum Gasteiger partial charge on any atom is -0.316 e. The number of benzene rings is 2. The molecule has 0 radical (unpaired) electrons. The van der Waals surface area contributed by atoms with Crippen molar-refractivity contribution in [2.75, 3.05) is 6.61 Å². The SMILES string of the molecule is Cc1ccc(C2COC(F)(F)/C2=C\CCc2ccccc2)cc1. The molecule has 1 unspecified atom stereocenters. The molecule has 2 aromatic carbocycles. The van der Waals surface area contributed by atoms with Crippen molar-refractivity contribution in [2.45, 2.75) is 31.8 Å². The Morgan fingerprint density at radius 2 is 1.78 bits per heavy atom. The van der Waals surface area contributed by atoms with Crippen molar-refractivity contribution in [1.82, 2.24) is 0 Å². The van der Waals surface area contributed by atoms with Crippen molar-refractivity contribution in [3.63, 3.8) is 0 Å². The number of alkyl halides is 2. The van der Waals surface area contributed by atoms with Crippen LogP contribution >= 0.6 is 0 Å². The molecule has 0 spiro atoms. The molecule has 0 bridgehead atoms. The van der Waals surface area contributed by atoms with Gasteiger partial charge in [0.05, 0.1) is 6.61 Å². The summed E-state index contributed by atoms with van der Waals surface area (Å²) in [5.41, 5.74) is 3.25. The molecule has 1 heterocycles. The van der Waals surface area contributed by atoms with E-state index in [0.29, 0.717) is 6.42 Å². The van der Waals surface area contributed by atoms with E-state index in [1.165, 1.54) is 0 Å². The van der Waals surface area contributed by atoms with E-state index >= 15 is 0 Å². The molecule has 23 heavy (non-hydrogen) atoms. The lowest BCUT2D eigenvalue weighted by Crippen LogP contribution is -2.16. The van der Waals surface area contributed by atoms with Crippen molar-refractivity contribution >= 4 is 0 Å². The van der Waals surface area contributed by atoms with Gasteiger partial charge in [0.15, 0.2) is 0 Å². The fourth-order valence-corrected chi connectivity index (χ4v) is 2.94. The molecule has 0 saturated carbocycles. The number of ether oxygens (including phenoxy) is 1. The highest BCUT2D eigenvalue weighted by atomic mass is 19.3. The van der Waals surface area contributed by atoms with Gasteiger partial charge in [-0.2, -0.15) is 8.78 Å². The predicted molar refractivity (Wildman–Crippen MR) is 87.7 cm³/mol. The molecule has 0 N–H and O–H groups in total. The summed E-state index contributed by atoms with van der Waals surface area (Å²) in [7, 11) is 0. The molecule has 1 nitrogen and oxygen atoms in total. The van der Waals surface area contributed by atoms with E-state index in [4.69, 9.17) is 4.74 Å². The third-order valence-electron chi connectivity index (χ3n) is 4.26. The molecule has 1 aliphatic rings. The topological polar surface area (TPSA) is 9.23 Å². The van der Waals surface area contributed by atoms with Crippen molar-refractivity contribution in [1.29, 1.82) is 0 Å². The van der Waals surface area contributed by atoms with E-state index in [1.54, 1.807) is 6.08 Å². The van der Waals surface area contributed by atoms with Crippen LogP contribution in [-0.2, 0) is 11.2 Å². The molecule has 1 aliphatic heterocycles. The summed E-state index contributed by atoms with van der Waals surface area (Å²) in [6, 6.07) is 17.6. The highest BCUT2D eigenvalue weighted by molar-refractivity contribution is 5.35. The Morgan fingerprint density at radius 3 is 2.48 bits per heavy atom. The fraction of sp³-hybridized carbons (Fsp3) is 0.300. The summed E-state index contributed by atoms with van der Waals surface area (Å²) in [4.78, 5) is 0. The molecule has 120 valence electrons. The summed E-state index contributed by atoms with van der Waals surface area (Å²) < 4.78 is 32.9. The Balaban J connectivity index is 1.78. The van der Waals surface area contributed by atoms with Gasteiger partial charge >= 0.3 is 6.11 Å². The Bertz CT molecular complexity index is 675. The molecular formula is C20H20F2O. The Labute approximate surface area is 135 Å². The van der Waals surface area contributed by atoms with Crippen LogP contribution in [0.3, 0.4) is 0 Å². The van der Waals surface area contributed by atoms with Crippen LogP contribution in [0.25, 0.3) is 0 Å². The normalized spacial score (nSPS) is 21.7. The lowest BCUT2D eigenvalue weighted by Gasteiger charge is -2.14. The lowest BCUT2D eigenvalue weighted by atomic mass is 9.91. The molecular weight excluding hydrogens is 294 g/mol. The van der Waals surface area contributed by atoms with Crippen molar-refractivity contribution < 1.29 is 13.5 Å². The van der Waals surface area contributed by atoms with Crippen LogP contribution in [0.4, 0.5) is 8.78 Å². The van der Waals surface area contributed by atoms with Gasteiger partial charge in [-0.05, 0) is 30.9 Å². The van der Waals surface area contributed by atoms with Gasteiger partial charge in [-0.25, -0.2) is 0 Å². The van der Waals surface area contributed by atoms with Gasteiger partial charge in [0, 0.05) is 11.5 Å². The lowest BCUT2D eigenvalue weighted by molar-refractivity contribution is -0.182. The number of allylic oxidation sites excluding steroid dienone is 1. The van der Waals surface area contributed by atoms with Crippen molar-refractivity contribution in [3.8, 4) is 0 Å². The van der Waals surface area contributed by atoms with Crippen LogP contribution in [0.15, 0.2) is 66.2 Å². The molecule has 1 atom stereocenters. The maximum atomic E-state index is 14.1. The highest BCUT2D eigenvalue weighted by Crippen LogP contribution is 2.44. The summed E-state index contributed by atoms with van der Waals surface area (Å²) in [5.74, 6) is -0.360. The van der Waals surface area contributed by atoms with Crippen LogP contribution in [0.2, 0.25) is 0 Å². The summed E-state index contributed by atoms with van der Waals surface area (Å²) in [5, 5.41) is 0. The van der Waals surface area contributed by atoms with E-state index in [2.05, 4.69) is 0 Å². The first kappa shape index (κ1) is 15.9. The Kier molecular flexibility index (Phi) is 4.58. The summed E-state index contributed by atoms with van der Waals surface area (Å²) >= 11 is 0. The second kappa shape index (κ2) is 6.63. The molecule has 0 aliphatic carbocycles. The number of halogens is 2. The van der Waals surface area contributed by atoms with E-state index < -0.39 is 6.11 Å². The van der Waals surface area contributed by atoms with Crippen LogP contribution < -0.4 is 0 Å². The second-order valence-corrected chi connectivity index (χ2v) is 5.97. The third kappa shape index (κ3) is 3.67. The number of hydrogen-bond acceptors (Lipinski definition) is 1. The van der Waals surface area contributed by atoms with E-state index in [0.717, 1.165) is 23.1 Å². The zero-order chi connectivity index (χ0) is 16.3. The standard InChI is InChI=1S/C20H20F2O/c1-15-10-12-17(13-11-15)18-14-23-20(21,22)19(18)9-5-8-16-6-3-2-4-7-16/h2-4,6-7,9-13,18H,5,8,14H2,1H3/b19-9-. The number of aryl methyl sites for hydroxylation is 2. The number of rotatable bonds is 4. The Hall–Kier alpha value is -2.00. The monoisotopic (exact) mass is 314 g/mol. The number of hydrogen-bond donors (Lipinski definition) is 0. The van der Waals surface area contributed by atoms with Crippen LogP contribution in [0, 0.1) is 6.92 Å². The molecule has 1 fully saturated rings. The molecule has 1 saturated heterocycles. The van der Waals surface area contributed by atoms with Gasteiger partial charge in [-0.15, -0.1) is 0 Å². The van der Waals surface area contributed by atoms with Gasteiger partial charge < -0.3 is 4.74 Å². The first-order valence-corrected chi connectivity index (χ1v) is 7.89. The maximum absolute atomic E-state index is 14.1. The van der Waals surface area contributed by atoms with Gasteiger partial charge in [0.2, 0.25) is 0 Å². The second-order valence-electron chi connectivity index (χ2n) is 5.97. The third-order valence-corrected chi connectivity index (χ3v) is 4.26. The highest BCUT2D eigenvalue weighted by Gasteiger charge is 2.46. The van der Waals surface area contributed by atoms with Crippen LogP contribution in [0.5, 0.6) is 0 Å². The van der Waals surface area contributed by atoms with Crippen LogP contribution in [-0.4, -0.2) is 12.7 Å². The smallest absolute Gasteiger partial charge is 0.316 e. The first-order chi connectivity index (χ1) is 11.1. The average Bonchev–Trinajstić information content (AvgIpc) is 2.85. The van der Waals surface area contributed by atoms with Crippen LogP contribution in [0.1, 0.15) is 29.0 Å². The van der Waals surface area contributed by atoms with E-state index in [9.17, 15) is 8.78 Å². The fourth-order valence-electron chi connectivity index (χ4n) is 2.94.